The van der Waals surface area contributed by atoms with Gasteiger partial charge in [-0.15, -0.1) is 21.5 Å². The van der Waals surface area contributed by atoms with E-state index in [4.69, 9.17) is 0 Å². The summed E-state index contributed by atoms with van der Waals surface area (Å²) in [5.74, 6) is -0.254. The van der Waals surface area contributed by atoms with Gasteiger partial charge in [0.05, 0.1) is 9.82 Å². The number of non-ortho nitro benzene ring substituents is 1. The lowest BCUT2D eigenvalue weighted by molar-refractivity contribution is -0.384. The molecule has 0 radical (unpaired) electrons. The van der Waals surface area contributed by atoms with Crippen LogP contribution in [0.4, 0.5) is 5.69 Å². The number of nitrogens with zero attached hydrogens (tertiary/aromatic N) is 3. The molecule has 2 rings (SSSR count). The molecule has 18 heavy (non-hydrogen) atoms. The fraction of sp³-hybridized carbons (Fsp3) is 0.111. The van der Waals surface area contributed by atoms with Gasteiger partial charge in [-0.25, -0.2) is 8.42 Å². The lowest BCUT2D eigenvalue weighted by Gasteiger charge is -2.01. The van der Waals surface area contributed by atoms with Crippen molar-refractivity contribution in [2.45, 2.75) is 10.6 Å². The van der Waals surface area contributed by atoms with Gasteiger partial charge in [-0.2, -0.15) is 0 Å². The van der Waals surface area contributed by atoms with Gasteiger partial charge in [0, 0.05) is 12.1 Å². The van der Waals surface area contributed by atoms with E-state index in [2.05, 4.69) is 10.2 Å². The van der Waals surface area contributed by atoms with Gasteiger partial charge in [0.1, 0.15) is 16.3 Å². The molecule has 0 aliphatic rings. The first-order valence-electron chi connectivity index (χ1n) is 4.71. The second kappa shape index (κ2) is 4.78. The van der Waals surface area contributed by atoms with Crippen molar-refractivity contribution in [2.75, 3.05) is 0 Å². The van der Waals surface area contributed by atoms with Crippen molar-refractivity contribution >= 4 is 26.9 Å². The summed E-state index contributed by atoms with van der Waals surface area (Å²) in [6, 6.07) is 4.75. The van der Waals surface area contributed by atoms with Gasteiger partial charge >= 0.3 is 0 Å². The van der Waals surface area contributed by atoms with E-state index in [1.807, 2.05) is 0 Å². The van der Waals surface area contributed by atoms with E-state index in [9.17, 15) is 18.5 Å². The topological polar surface area (TPSA) is 103 Å². The minimum absolute atomic E-state index is 0.0308. The summed E-state index contributed by atoms with van der Waals surface area (Å²) in [4.78, 5) is 9.91. The molecule has 9 heteroatoms. The van der Waals surface area contributed by atoms with E-state index in [0.717, 1.165) is 23.5 Å². The Balaban J connectivity index is 2.27. The van der Waals surface area contributed by atoms with E-state index in [-0.39, 0.29) is 16.3 Å². The van der Waals surface area contributed by atoms with Crippen molar-refractivity contribution < 1.29 is 13.3 Å². The highest BCUT2D eigenvalue weighted by molar-refractivity contribution is 7.90. The van der Waals surface area contributed by atoms with Gasteiger partial charge < -0.3 is 0 Å². The summed E-state index contributed by atoms with van der Waals surface area (Å²) in [5.41, 5.74) is 1.30. The minimum Gasteiger partial charge on any atom is -0.258 e. The van der Waals surface area contributed by atoms with Gasteiger partial charge in [-0.1, -0.05) is 0 Å². The first-order valence-corrected chi connectivity index (χ1v) is 7.24. The zero-order valence-corrected chi connectivity index (χ0v) is 10.5. The van der Waals surface area contributed by atoms with Crippen molar-refractivity contribution in [2.24, 2.45) is 0 Å². The maximum Gasteiger partial charge on any atom is 0.269 e. The second-order valence-electron chi connectivity index (χ2n) is 3.34. The average Bonchev–Trinajstić information content (AvgIpc) is 2.81. The average molecular weight is 285 g/mol. The summed E-state index contributed by atoms with van der Waals surface area (Å²) in [6.45, 7) is 0. The fourth-order valence-electron chi connectivity index (χ4n) is 1.28. The standard InChI is InChI=1S/C9H7N3O4S2/c13-12(14)7-1-3-8(4-2-7)18(15,16)5-9-11-10-6-17-9/h1-4,6H,5H2. The predicted octanol–water partition coefficient (Wildman–Crippen LogP) is 1.42. The second-order valence-corrected chi connectivity index (χ2v) is 6.25. The van der Waals surface area contributed by atoms with E-state index in [1.54, 1.807) is 0 Å². The Labute approximate surface area is 106 Å². The molecule has 0 N–H and O–H groups in total. The molecule has 0 atom stereocenters. The van der Waals surface area contributed by atoms with Gasteiger partial charge in [-0.05, 0) is 12.1 Å². The molecule has 0 saturated carbocycles. The van der Waals surface area contributed by atoms with Gasteiger partial charge in [-0.3, -0.25) is 10.1 Å². The van der Waals surface area contributed by atoms with E-state index in [1.165, 1.54) is 17.6 Å². The minimum atomic E-state index is -3.54. The molecule has 0 spiro atoms. The Morgan fingerprint density at radius 3 is 2.44 bits per heavy atom. The van der Waals surface area contributed by atoms with E-state index in [0.29, 0.717) is 5.01 Å². The lowest BCUT2D eigenvalue weighted by Crippen LogP contribution is -2.05. The number of nitro groups is 1. The van der Waals surface area contributed by atoms with Crippen LogP contribution in [0.15, 0.2) is 34.7 Å². The smallest absolute Gasteiger partial charge is 0.258 e. The van der Waals surface area contributed by atoms with Crippen molar-refractivity contribution in [3.05, 3.63) is 44.9 Å². The largest absolute Gasteiger partial charge is 0.269 e. The number of hydrogen-bond donors (Lipinski definition) is 0. The van der Waals surface area contributed by atoms with Crippen LogP contribution in [0.25, 0.3) is 0 Å². The third-order valence-electron chi connectivity index (χ3n) is 2.13. The zero-order chi connectivity index (χ0) is 13.2. The molecule has 0 aliphatic heterocycles. The maximum atomic E-state index is 11.9. The van der Waals surface area contributed by atoms with Crippen molar-refractivity contribution in [1.82, 2.24) is 10.2 Å². The van der Waals surface area contributed by atoms with Crippen molar-refractivity contribution in [3.8, 4) is 0 Å². The molecule has 0 saturated heterocycles. The Bertz CT molecular complexity index is 650. The van der Waals surface area contributed by atoms with Gasteiger partial charge in [0.2, 0.25) is 0 Å². The summed E-state index contributed by atoms with van der Waals surface area (Å²) in [5, 5.41) is 18.0. The van der Waals surface area contributed by atoms with Crippen LogP contribution in [0.5, 0.6) is 0 Å². The Morgan fingerprint density at radius 2 is 1.94 bits per heavy atom. The highest BCUT2D eigenvalue weighted by Gasteiger charge is 2.18. The van der Waals surface area contributed by atoms with Crippen LogP contribution < -0.4 is 0 Å². The van der Waals surface area contributed by atoms with Crippen LogP contribution in [0.3, 0.4) is 0 Å². The quantitative estimate of drug-likeness (QED) is 0.621. The van der Waals surface area contributed by atoms with Crippen molar-refractivity contribution in [3.63, 3.8) is 0 Å². The molecule has 1 aromatic heterocycles. The van der Waals surface area contributed by atoms with Crippen molar-refractivity contribution in [1.29, 1.82) is 0 Å². The van der Waals surface area contributed by atoms with Gasteiger partial charge in [0.25, 0.3) is 5.69 Å². The van der Waals surface area contributed by atoms with Crippen LogP contribution in [-0.2, 0) is 15.6 Å². The van der Waals surface area contributed by atoms with E-state index >= 15 is 0 Å². The number of rotatable bonds is 4. The summed E-state index contributed by atoms with van der Waals surface area (Å²) in [6.07, 6.45) is 0. The molecule has 1 aromatic carbocycles. The number of benzene rings is 1. The first kappa shape index (κ1) is 12.6. The molecule has 0 amide bonds. The monoisotopic (exact) mass is 285 g/mol. The highest BCUT2D eigenvalue weighted by atomic mass is 32.2. The third-order valence-corrected chi connectivity index (χ3v) is 4.65. The third kappa shape index (κ3) is 2.68. The molecule has 7 nitrogen and oxygen atoms in total. The summed E-state index contributed by atoms with van der Waals surface area (Å²) >= 11 is 1.14. The molecule has 2 aromatic rings. The van der Waals surface area contributed by atoms with Crippen LogP contribution >= 0.6 is 11.3 Å². The van der Waals surface area contributed by atoms with Gasteiger partial charge in [0.15, 0.2) is 9.84 Å². The predicted molar refractivity (Wildman–Crippen MR) is 63.9 cm³/mol. The molecule has 0 unspecified atom stereocenters. The summed E-state index contributed by atoms with van der Waals surface area (Å²) in [7, 11) is -3.54. The van der Waals surface area contributed by atoms with Crippen LogP contribution in [0.1, 0.15) is 5.01 Å². The number of aromatic nitrogens is 2. The molecule has 0 aliphatic carbocycles. The normalized spacial score (nSPS) is 11.3. The number of sulfone groups is 1. The molecule has 0 fully saturated rings. The molecule has 94 valence electrons. The van der Waals surface area contributed by atoms with Crippen LogP contribution in [0.2, 0.25) is 0 Å². The van der Waals surface area contributed by atoms with Crippen LogP contribution in [0, 0.1) is 10.1 Å². The summed E-state index contributed by atoms with van der Waals surface area (Å²) < 4.78 is 23.9. The Hall–Kier alpha value is -1.87. The zero-order valence-electron chi connectivity index (χ0n) is 8.88. The SMILES string of the molecule is O=[N+]([O-])c1ccc(S(=O)(=O)Cc2nncs2)cc1. The molecule has 1 heterocycles. The molecular formula is C9H7N3O4S2. The lowest BCUT2D eigenvalue weighted by atomic mass is 10.3. The maximum absolute atomic E-state index is 11.9. The molecular weight excluding hydrogens is 278 g/mol. The van der Waals surface area contributed by atoms with E-state index < -0.39 is 14.8 Å². The fourth-order valence-corrected chi connectivity index (χ4v) is 3.43. The number of nitro benzene ring substituents is 1. The molecule has 0 bridgehead atoms. The number of hydrogen-bond acceptors (Lipinski definition) is 7. The van der Waals surface area contributed by atoms with Crippen LogP contribution in [-0.4, -0.2) is 23.5 Å². The first-order chi connectivity index (χ1) is 8.49. The Kier molecular flexibility index (Phi) is 3.34. The highest BCUT2D eigenvalue weighted by Crippen LogP contribution is 2.20. The Morgan fingerprint density at radius 1 is 1.28 bits per heavy atom.